The van der Waals surface area contributed by atoms with Crippen molar-refractivity contribution in [3.8, 4) is 6.07 Å². The number of rotatable bonds is 7. The Morgan fingerprint density at radius 2 is 1.87 bits per heavy atom. The zero-order chi connectivity index (χ0) is 21.7. The van der Waals surface area contributed by atoms with Gasteiger partial charge in [0.25, 0.3) is 0 Å². The molecule has 1 N–H and O–H groups in total. The topological polar surface area (TPSA) is 88.1 Å². The molecular weight excluding hydrogens is 378 g/mol. The average Bonchev–Trinajstić information content (AvgIpc) is 3.10. The van der Waals surface area contributed by atoms with Crippen molar-refractivity contribution in [1.29, 1.82) is 5.26 Å². The van der Waals surface area contributed by atoms with E-state index in [1.807, 2.05) is 74.5 Å². The standard InChI is InChI=1S/C24H25N3O3/c1-4-16(2)22(17-10-6-5-7-11-17)24(29)30-15-21(28)18(14-25)23-26-19-12-8-9-13-20(19)27(23)3/h5-13,16,22,28H,4,15H2,1-3H3/b21-18-/t16-,22-/m0/s1. The van der Waals surface area contributed by atoms with Crippen molar-refractivity contribution >= 4 is 22.6 Å². The van der Waals surface area contributed by atoms with Crippen molar-refractivity contribution in [1.82, 2.24) is 9.55 Å². The Balaban J connectivity index is 1.84. The Morgan fingerprint density at radius 1 is 1.20 bits per heavy atom. The summed E-state index contributed by atoms with van der Waals surface area (Å²) in [4.78, 5) is 17.3. The minimum Gasteiger partial charge on any atom is -0.507 e. The number of aliphatic hydroxyl groups excluding tert-OH is 1. The minimum atomic E-state index is -0.440. The molecule has 0 aliphatic rings. The highest BCUT2D eigenvalue weighted by Gasteiger charge is 2.28. The van der Waals surface area contributed by atoms with Gasteiger partial charge in [-0.3, -0.25) is 4.79 Å². The summed E-state index contributed by atoms with van der Waals surface area (Å²) in [5, 5.41) is 20.2. The molecule has 0 saturated carbocycles. The van der Waals surface area contributed by atoms with E-state index in [0.717, 1.165) is 17.5 Å². The van der Waals surface area contributed by atoms with Gasteiger partial charge in [0.2, 0.25) is 0 Å². The summed E-state index contributed by atoms with van der Waals surface area (Å²) in [7, 11) is 1.77. The lowest BCUT2D eigenvalue weighted by Crippen LogP contribution is -2.23. The van der Waals surface area contributed by atoms with Gasteiger partial charge in [-0.2, -0.15) is 5.26 Å². The van der Waals surface area contributed by atoms with Crippen LogP contribution >= 0.6 is 0 Å². The molecule has 0 amide bonds. The van der Waals surface area contributed by atoms with E-state index in [2.05, 4.69) is 4.98 Å². The number of fused-ring (bicyclic) bond motifs is 1. The third-order valence-corrected chi connectivity index (χ3v) is 5.39. The fourth-order valence-electron chi connectivity index (χ4n) is 3.51. The first-order valence-corrected chi connectivity index (χ1v) is 9.93. The number of aryl methyl sites for hydroxylation is 1. The third kappa shape index (κ3) is 4.20. The Bertz CT molecular complexity index is 1110. The molecule has 0 unspecified atom stereocenters. The number of aliphatic hydroxyl groups is 1. The monoisotopic (exact) mass is 403 g/mol. The van der Waals surface area contributed by atoms with Gasteiger partial charge in [-0.05, 0) is 23.6 Å². The highest BCUT2D eigenvalue weighted by molar-refractivity contribution is 5.84. The summed E-state index contributed by atoms with van der Waals surface area (Å²) in [5.74, 6) is -0.787. The molecular formula is C24H25N3O3. The summed E-state index contributed by atoms with van der Waals surface area (Å²) in [6, 6.07) is 18.9. The number of nitrogens with zero attached hydrogens (tertiary/aromatic N) is 3. The van der Waals surface area contributed by atoms with Crippen LogP contribution in [0.5, 0.6) is 0 Å². The highest BCUT2D eigenvalue weighted by atomic mass is 16.5. The smallest absolute Gasteiger partial charge is 0.314 e. The van der Waals surface area contributed by atoms with Gasteiger partial charge in [0.1, 0.15) is 18.2 Å². The van der Waals surface area contributed by atoms with Crippen molar-refractivity contribution < 1.29 is 14.6 Å². The first kappa shape index (κ1) is 21.1. The maximum absolute atomic E-state index is 12.8. The van der Waals surface area contributed by atoms with Gasteiger partial charge >= 0.3 is 5.97 Å². The number of allylic oxidation sites excluding steroid dienone is 1. The first-order chi connectivity index (χ1) is 14.5. The number of aromatic nitrogens is 2. The van der Waals surface area contributed by atoms with Crippen LogP contribution in [-0.4, -0.2) is 27.2 Å². The van der Waals surface area contributed by atoms with Crippen LogP contribution in [0.3, 0.4) is 0 Å². The van der Waals surface area contributed by atoms with Gasteiger partial charge in [-0.1, -0.05) is 62.7 Å². The second-order valence-corrected chi connectivity index (χ2v) is 7.30. The first-order valence-electron chi connectivity index (χ1n) is 9.93. The lowest BCUT2D eigenvalue weighted by Gasteiger charge is -2.22. The number of carbonyl (C=O) groups is 1. The molecule has 6 heteroatoms. The second kappa shape index (κ2) is 9.27. The third-order valence-electron chi connectivity index (χ3n) is 5.39. The van der Waals surface area contributed by atoms with Crippen LogP contribution in [0.1, 0.15) is 37.6 Å². The molecule has 0 bridgehead atoms. The van der Waals surface area contributed by atoms with Crippen molar-refractivity contribution in [3.05, 3.63) is 71.7 Å². The molecule has 0 spiro atoms. The number of hydrogen-bond donors (Lipinski definition) is 1. The maximum atomic E-state index is 12.8. The number of imidazole rings is 1. The van der Waals surface area contributed by atoms with E-state index in [9.17, 15) is 15.2 Å². The largest absolute Gasteiger partial charge is 0.507 e. The van der Waals surface area contributed by atoms with Crippen molar-refractivity contribution in [2.75, 3.05) is 6.61 Å². The van der Waals surface area contributed by atoms with E-state index in [0.29, 0.717) is 11.3 Å². The molecule has 2 aromatic carbocycles. The van der Waals surface area contributed by atoms with Crippen LogP contribution in [-0.2, 0) is 16.6 Å². The van der Waals surface area contributed by atoms with Crippen molar-refractivity contribution in [2.45, 2.75) is 26.2 Å². The Kier molecular flexibility index (Phi) is 6.53. The van der Waals surface area contributed by atoms with Crippen molar-refractivity contribution in [2.24, 2.45) is 13.0 Å². The zero-order valence-corrected chi connectivity index (χ0v) is 17.4. The molecule has 6 nitrogen and oxygen atoms in total. The number of carbonyl (C=O) groups excluding carboxylic acids is 1. The summed E-state index contributed by atoms with van der Waals surface area (Å²) in [6.45, 7) is 3.63. The van der Waals surface area contributed by atoms with Crippen molar-refractivity contribution in [3.63, 3.8) is 0 Å². The fraction of sp³-hybridized carbons (Fsp3) is 0.292. The molecule has 30 heavy (non-hydrogen) atoms. The van der Waals surface area contributed by atoms with Crippen LogP contribution in [0.4, 0.5) is 0 Å². The number of benzene rings is 2. The summed E-state index contributed by atoms with van der Waals surface area (Å²) in [5.41, 5.74) is 2.41. The van der Waals surface area contributed by atoms with Gasteiger partial charge in [0.15, 0.2) is 11.6 Å². The second-order valence-electron chi connectivity index (χ2n) is 7.30. The van der Waals surface area contributed by atoms with Crippen LogP contribution in [0.2, 0.25) is 0 Å². The van der Waals surface area contributed by atoms with Gasteiger partial charge in [0, 0.05) is 7.05 Å². The number of hydrogen-bond acceptors (Lipinski definition) is 5. The van der Waals surface area contributed by atoms with E-state index < -0.39 is 11.9 Å². The molecule has 0 aliphatic carbocycles. The van der Waals surface area contributed by atoms with Gasteiger partial charge < -0.3 is 14.4 Å². The normalized spacial score (nSPS) is 13.9. The molecule has 0 aliphatic heterocycles. The van der Waals surface area contributed by atoms with Gasteiger partial charge in [0.05, 0.1) is 17.0 Å². The number of ether oxygens (including phenoxy) is 1. The van der Waals surface area contributed by atoms with E-state index in [1.54, 1.807) is 11.6 Å². The Morgan fingerprint density at radius 3 is 2.50 bits per heavy atom. The molecule has 3 aromatic rings. The predicted octanol–water partition coefficient (Wildman–Crippen LogP) is 4.74. The summed E-state index contributed by atoms with van der Waals surface area (Å²) in [6.07, 6.45) is 0.805. The summed E-state index contributed by atoms with van der Waals surface area (Å²) < 4.78 is 7.16. The van der Waals surface area contributed by atoms with Gasteiger partial charge in [-0.25, -0.2) is 4.98 Å². The minimum absolute atomic E-state index is 0.0127. The zero-order valence-electron chi connectivity index (χ0n) is 17.4. The lowest BCUT2D eigenvalue weighted by atomic mass is 9.86. The molecule has 0 fully saturated rings. The number of nitriles is 1. The molecule has 3 rings (SSSR count). The van der Waals surface area contributed by atoms with Crippen LogP contribution in [0.15, 0.2) is 60.4 Å². The molecule has 154 valence electrons. The van der Waals surface area contributed by atoms with E-state index in [4.69, 9.17) is 4.74 Å². The molecule has 0 saturated heterocycles. The fourth-order valence-corrected chi connectivity index (χ4v) is 3.51. The lowest BCUT2D eigenvalue weighted by molar-refractivity contribution is -0.146. The highest BCUT2D eigenvalue weighted by Crippen LogP contribution is 2.29. The summed E-state index contributed by atoms with van der Waals surface area (Å²) >= 11 is 0. The molecule has 0 radical (unpaired) electrons. The van der Waals surface area contributed by atoms with E-state index >= 15 is 0 Å². The van der Waals surface area contributed by atoms with Gasteiger partial charge in [-0.15, -0.1) is 0 Å². The predicted molar refractivity (Wildman–Crippen MR) is 115 cm³/mol. The van der Waals surface area contributed by atoms with Crippen LogP contribution in [0, 0.1) is 17.2 Å². The van der Waals surface area contributed by atoms with E-state index in [1.165, 1.54) is 0 Å². The Hall–Kier alpha value is -3.59. The quantitative estimate of drug-likeness (QED) is 0.350. The maximum Gasteiger partial charge on any atom is 0.314 e. The average molecular weight is 403 g/mol. The molecule has 1 heterocycles. The molecule has 1 aromatic heterocycles. The van der Waals surface area contributed by atoms with Crippen LogP contribution < -0.4 is 0 Å². The molecule has 2 atom stereocenters. The Labute approximate surface area is 176 Å². The number of para-hydroxylation sites is 2. The number of esters is 1. The van der Waals surface area contributed by atoms with Crippen LogP contribution in [0.25, 0.3) is 16.6 Å². The SMILES string of the molecule is CC[C@H](C)[C@H](C(=O)OC/C(O)=C(\C#N)c1nc2ccccc2n1C)c1ccccc1. The van der Waals surface area contributed by atoms with E-state index in [-0.39, 0.29) is 23.9 Å².